The number of hydrogen-bond donors (Lipinski definition) is 1. The Labute approximate surface area is 179 Å². The fourth-order valence-electron chi connectivity index (χ4n) is 5.06. The van der Waals surface area contributed by atoms with Crippen molar-refractivity contribution in [2.75, 3.05) is 0 Å². The van der Waals surface area contributed by atoms with Crippen molar-refractivity contribution in [3.05, 3.63) is 57.9 Å². The Morgan fingerprint density at radius 1 is 1.03 bits per heavy atom. The second-order valence-corrected chi connectivity index (χ2v) is 9.25. The maximum atomic E-state index is 13.4. The number of carbonyl (C=O) groups is 2. The fraction of sp³-hybridized carbons (Fsp3) is 0.538. The number of dihydropyridines is 1. The van der Waals surface area contributed by atoms with E-state index in [4.69, 9.17) is 4.74 Å². The maximum absolute atomic E-state index is 13.4. The third-order valence-corrected chi connectivity index (χ3v) is 6.76. The van der Waals surface area contributed by atoms with Crippen LogP contribution in [0.1, 0.15) is 95.1 Å². The summed E-state index contributed by atoms with van der Waals surface area (Å²) in [6.07, 6.45) is 7.57. The zero-order valence-corrected chi connectivity index (χ0v) is 18.4. The van der Waals surface area contributed by atoms with Gasteiger partial charge >= 0.3 is 5.97 Å². The summed E-state index contributed by atoms with van der Waals surface area (Å²) in [4.78, 5) is 26.3. The van der Waals surface area contributed by atoms with E-state index >= 15 is 0 Å². The third kappa shape index (κ3) is 4.10. The number of rotatable bonds is 4. The zero-order chi connectivity index (χ0) is 21.3. The Balaban J connectivity index is 1.72. The Bertz CT molecular complexity index is 885. The molecule has 1 atom stereocenters. The highest BCUT2D eigenvalue weighted by Crippen LogP contribution is 2.43. The SMILES string of the molecule is CC1=C(C(=O)OC2CCCCC2)[C@@H](c2ccc(C(C)C)cc2)C2=C(CCCC2=O)N1. The van der Waals surface area contributed by atoms with Crippen LogP contribution in [0.25, 0.3) is 0 Å². The van der Waals surface area contributed by atoms with Crippen LogP contribution in [0.3, 0.4) is 0 Å². The van der Waals surface area contributed by atoms with Crippen molar-refractivity contribution >= 4 is 11.8 Å². The van der Waals surface area contributed by atoms with E-state index in [1.807, 2.05) is 6.92 Å². The first-order chi connectivity index (χ1) is 14.5. The lowest BCUT2D eigenvalue weighted by Gasteiger charge is -2.35. The summed E-state index contributed by atoms with van der Waals surface area (Å²) in [7, 11) is 0. The molecule has 1 N–H and O–H groups in total. The topological polar surface area (TPSA) is 55.4 Å². The Morgan fingerprint density at radius 3 is 2.40 bits per heavy atom. The smallest absolute Gasteiger partial charge is 0.337 e. The molecule has 0 saturated heterocycles. The molecule has 0 spiro atoms. The van der Waals surface area contributed by atoms with Crippen molar-refractivity contribution in [2.24, 2.45) is 0 Å². The highest BCUT2D eigenvalue weighted by molar-refractivity contribution is 6.03. The average Bonchev–Trinajstić information content (AvgIpc) is 2.73. The van der Waals surface area contributed by atoms with Gasteiger partial charge in [-0.25, -0.2) is 4.79 Å². The van der Waals surface area contributed by atoms with Gasteiger partial charge in [-0.05, 0) is 62.5 Å². The van der Waals surface area contributed by atoms with Crippen molar-refractivity contribution < 1.29 is 14.3 Å². The first-order valence-electron chi connectivity index (χ1n) is 11.5. The summed E-state index contributed by atoms with van der Waals surface area (Å²) in [5.41, 5.74) is 5.42. The number of hydrogen-bond acceptors (Lipinski definition) is 4. The number of nitrogens with one attached hydrogen (secondary N) is 1. The molecule has 3 aliphatic rings. The minimum absolute atomic E-state index is 0.00653. The summed E-state index contributed by atoms with van der Waals surface area (Å²) in [5.74, 6) is -0.0237. The molecule has 4 heteroatoms. The molecule has 1 fully saturated rings. The molecule has 0 amide bonds. The van der Waals surface area contributed by atoms with Gasteiger partial charge in [-0.15, -0.1) is 0 Å². The highest BCUT2D eigenvalue weighted by atomic mass is 16.5. The lowest BCUT2D eigenvalue weighted by atomic mass is 9.75. The standard InChI is InChI=1S/C26H33NO3/c1-16(2)18-12-14-19(15-13-18)24-23(26(29)30-20-8-5-4-6-9-20)17(3)27-21-10-7-11-22(28)25(21)24/h12-16,20,24,27H,4-11H2,1-3H3/t24-/m1/s1. The van der Waals surface area contributed by atoms with Crippen LogP contribution in [0.4, 0.5) is 0 Å². The summed E-state index contributed by atoms with van der Waals surface area (Å²) >= 11 is 0. The maximum Gasteiger partial charge on any atom is 0.337 e. The van der Waals surface area contributed by atoms with E-state index < -0.39 is 0 Å². The molecule has 4 nitrogen and oxygen atoms in total. The van der Waals surface area contributed by atoms with Crippen LogP contribution in [0, 0.1) is 0 Å². The summed E-state index contributed by atoms with van der Waals surface area (Å²) in [5, 5.41) is 3.38. The molecule has 1 aliphatic heterocycles. The van der Waals surface area contributed by atoms with E-state index in [-0.39, 0.29) is 23.8 Å². The van der Waals surface area contributed by atoms with Crippen LogP contribution in [-0.4, -0.2) is 17.9 Å². The first kappa shape index (κ1) is 20.9. The molecule has 0 aromatic heterocycles. The van der Waals surface area contributed by atoms with E-state index in [0.29, 0.717) is 17.9 Å². The molecule has 4 rings (SSSR count). The van der Waals surface area contributed by atoms with E-state index in [9.17, 15) is 9.59 Å². The lowest BCUT2D eigenvalue weighted by molar-refractivity contribution is -0.146. The van der Waals surface area contributed by atoms with Crippen LogP contribution >= 0.6 is 0 Å². The highest BCUT2D eigenvalue weighted by Gasteiger charge is 2.39. The second kappa shape index (κ2) is 8.79. The van der Waals surface area contributed by atoms with Gasteiger partial charge in [-0.2, -0.15) is 0 Å². The van der Waals surface area contributed by atoms with Crippen LogP contribution in [-0.2, 0) is 14.3 Å². The van der Waals surface area contributed by atoms with Gasteiger partial charge in [0.1, 0.15) is 6.10 Å². The van der Waals surface area contributed by atoms with E-state index in [0.717, 1.165) is 61.1 Å². The average molecular weight is 408 g/mol. The van der Waals surface area contributed by atoms with E-state index in [1.165, 1.54) is 12.0 Å². The number of benzene rings is 1. The monoisotopic (exact) mass is 407 g/mol. The molecule has 0 unspecified atom stereocenters. The lowest BCUT2D eigenvalue weighted by Crippen LogP contribution is -2.35. The normalized spacial score (nSPS) is 22.8. The number of ketones is 1. The van der Waals surface area contributed by atoms with Crippen molar-refractivity contribution in [3.63, 3.8) is 0 Å². The molecule has 0 radical (unpaired) electrons. The minimum Gasteiger partial charge on any atom is -0.459 e. The summed E-state index contributed by atoms with van der Waals surface area (Å²) < 4.78 is 5.96. The predicted molar refractivity (Wildman–Crippen MR) is 118 cm³/mol. The van der Waals surface area contributed by atoms with Crippen LogP contribution < -0.4 is 5.32 Å². The van der Waals surface area contributed by atoms with E-state index in [1.54, 1.807) is 0 Å². The van der Waals surface area contributed by atoms with Gasteiger partial charge in [0.15, 0.2) is 5.78 Å². The van der Waals surface area contributed by atoms with Crippen LogP contribution in [0.15, 0.2) is 46.8 Å². The van der Waals surface area contributed by atoms with Crippen LogP contribution in [0.5, 0.6) is 0 Å². The van der Waals surface area contributed by atoms with Gasteiger partial charge in [-0.1, -0.05) is 44.5 Å². The van der Waals surface area contributed by atoms with Crippen molar-refractivity contribution in [1.29, 1.82) is 0 Å². The van der Waals surface area contributed by atoms with Gasteiger partial charge in [0.2, 0.25) is 0 Å². The molecule has 30 heavy (non-hydrogen) atoms. The number of carbonyl (C=O) groups excluding carboxylic acids is 2. The van der Waals surface area contributed by atoms with Gasteiger partial charge in [0, 0.05) is 29.3 Å². The Hall–Kier alpha value is -2.36. The van der Waals surface area contributed by atoms with Crippen molar-refractivity contribution in [3.8, 4) is 0 Å². The molecule has 2 aliphatic carbocycles. The molecule has 1 saturated carbocycles. The first-order valence-corrected chi connectivity index (χ1v) is 11.5. The summed E-state index contributed by atoms with van der Waals surface area (Å²) in [6, 6.07) is 8.40. The largest absolute Gasteiger partial charge is 0.459 e. The summed E-state index contributed by atoms with van der Waals surface area (Å²) in [6.45, 7) is 6.28. The number of allylic oxidation sites excluding steroid dienone is 3. The van der Waals surface area contributed by atoms with Crippen molar-refractivity contribution in [2.45, 2.75) is 90.1 Å². The van der Waals surface area contributed by atoms with Crippen LogP contribution in [0.2, 0.25) is 0 Å². The molecule has 1 aromatic carbocycles. The molecule has 0 bridgehead atoms. The van der Waals surface area contributed by atoms with Gasteiger partial charge in [0.05, 0.1) is 5.57 Å². The minimum atomic E-state index is -0.341. The van der Waals surface area contributed by atoms with Gasteiger partial charge < -0.3 is 10.1 Å². The predicted octanol–water partition coefficient (Wildman–Crippen LogP) is 5.65. The molecule has 160 valence electrons. The zero-order valence-electron chi connectivity index (χ0n) is 18.4. The molecular formula is C26H33NO3. The van der Waals surface area contributed by atoms with Gasteiger partial charge in [0.25, 0.3) is 0 Å². The number of Topliss-reactive ketones (excluding diaryl/α,β-unsaturated/α-hetero) is 1. The molecule has 1 heterocycles. The fourth-order valence-corrected chi connectivity index (χ4v) is 5.06. The van der Waals surface area contributed by atoms with Crippen molar-refractivity contribution in [1.82, 2.24) is 5.32 Å². The quantitative estimate of drug-likeness (QED) is 0.655. The van der Waals surface area contributed by atoms with E-state index in [2.05, 4.69) is 43.4 Å². The second-order valence-electron chi connectivity index (χ2n) is 9.25. The Morgan fingerprint density at radius 2 is 1.73 bits per heavy atom. The Kier molecular flexibility index (Phi) is 6.12. The molecular weight excluding hydrogens is 374 g/mol. The molecule has 1 aromatic rings. The third-order valence-electron chi connectivity index (χ3n) is 6.76. The number of ether oxygens (including phenoxy) is 1. The van der Waals surface area contributed by atoms with Gasteiger partial charge in [-0.3, -0.25) is 4.79 Å². The number of esters is 1.